The van der Waals surface area contributed by atoms with Crippen LogP contribution in [0.2, 0.25) is 4.34 Å². The Morgan fingerprint density at radius 1 is 1.71 bits per heavy atom. The Labute approximate surface area is 107 Å². The number of amides is 1. The Morgan fingerprint density at radius 3 is 2.94 bits per heavy atom. The fourth-order valence-corrected chi connectivity index (χ4v) is 2.24. The van der Waals surface area contributed by atoms with E-state index in [1.54, 1.807) is 7.11 Å². The number of carbonyl (C=O) groups is 1. The highest BCUT2D eigenvalue weighted by Gasteiger charge is 2.20. The van der Waals surface area contributed by atoms with Gasteiger partial charge in [-0.15, -0.1) is 11.3 Å². The molecule has 0 radical (unpaired) electrons. The maximum Gasteiger partial charge on any atom is 0.299 e. The summed E-state index contributed by atoms with van der Waals surface area (Å²) in [6.45, 7) is 1.00. The molecule has 0 bridgehead atoms. The molecule has 0 spiro atoms. The second-order valence-electron chi connectivity index (χ2n) is 3.13. The summed E-state index contributed by atoms with van der Waals surface area (Å²) in [5.74, 6) is -0.360. The SMILES string of the molecule is COCCCNC(=O)c1cc([N+](=O)[O-])c(Cl)s1. The second kappa shape index (κ2) is 6.53. The number of hydrogen-bond donors (Lipinski definition) is 1. The van der Waals surface area contributed by atoms with Crippen LogP contribution in [-0.4, -0.2) is 31.1 Å². The van der Waals surface area contributed by atoms with Gasteiger partial charge in [0.15, 0.2) is 4.34 Å². The van der Waals surface area contributed by atoms with Crippen LogP contribution < -0.4 is 5.32 Å². The average Bonchev–Trinajstić information content (AvgIpc) is 2.66. The molecule has 1 amide bonds. The first-order valence-corrected chi connectivity index (χ1v) is 5.96. The normalized spacial score (nSPS) is 10.2. The zero-order chi connectivity index (χ0) is 12.8. The van der Waals surface area contributed by atoms with Crippen LogP contribution in [0, 0.1) is 10.1 Å². The van der Waals surface area contributed by atoms with E-state index >= 15 is 0 Å². The lowest BCUT2D eigenvalue weighted by atomic mass is 10.4. The lowest BCUT2D eigenvalue weighted by Gasteiger charge is -2.01. The fourth-order valence-electron chi connectivity index (χ4n) is 1.10. The molecule has 0 aliphatic carbocycles. The van der Waals surface area contributed by atoms with E-state index in [0.29, 0.717) is 19.6 Å². The molecule has 0 unspecified atom stereocenters. The molecule has 6 nitrogen and oxygen atoms in total. The predicted molar refractivity (Wildman–Crippen MR) is 64.8 cm³/mol. The average molecular weight is 279 g/mol. The molecule has 0 saturated heterocycles. The molecule has 1 aromatic rings. The minimum Gasteiger partial charge on any atom is -0.385 e. The summed E-state index contributed by atoms with van der Waals surface area (Å²) < 4.78 is 4.84. The van der Waals surface area contributed by atoms with Gasteiger partial charge in [0.2, 0.25) is 0 Å². The van der Waals surface area contributed by atoms with Crippen LogP contribution in [0.4, 0.5) is 5.69 Å². The summed E-state index contributed by atoms with van der Waals surface area (Å²) in [7, 11) is 1.57. The summed E-state index contributed by atoms with van der Waals surface area (Å²) in [6, 6.07) is 1.18. The van der Waals surface area contributed by atoms with Crippen LogP contribution in [-0.2, 0) is 4.74 Å². The largest absolute Gasteiger partial charge is 0.385 e. The number of rotatable bonds is 6. The monoisotopic (exact) mass is 278 g/mol. The third-order valence-corrected chi connectivity index (χ3v) is 3.24. The Kier molecular flexibility index (Phi) is 5.33. The topological polar surface area (TPSA) is 81.5 Å². The molecule has 0 saturated carbocycles. The van der Waals surface area contributed by atoms with Gasteiger partial charge in [0.1, 0.15) is 4.88 Å². The highest BCUT2D eigenvalue weighted by molar-refractivity contribution is 7.18. The standard InChI is InChI=1S/C9H11ClN2O4S/c1-16-4-2-3-11-9(13)7-5-6(12(14)15)8(10)17-7/h5H,2-4H2,1H3,(H,11,13). The molecule has 0 atom stereocenters. The van der Waals surface area contributed by atoms with Crippen molar-refractivity contribution in [3.63, 3.8) is 0 Å². The van der Waals surface area contributed by atoms with Gasteiger partial charge in [0.25, 0.3) is 11.6 Å². The molecule has 1 N–H and O–H groups in total. The van der Waals surface area contributed by atoms with Gasteiger partial charge in [-0.1, -0.05) is 11.6 Å². The second-order valence-corrected chi connectivity index (χ2v) is 4.78. The first-order chi connectivity index (χ1) is 8.06. The van der Waals surface area contributed by atoms with Crippen molar-refractivity contribution in [1.29, 1.82) is 0 Å². The number of nitrogens with one attached hydrogen (secondary N) is 1. The summed E-state index contributed by atoms with van der Waals surface area (Å²) in [5, 5.41) is 13.2. The minimum atomic E-state index is -0.611. The fraction of sp³-hybridized carbons (Fsp3) is 0.444. The van der Waals surface area contributed by atoms with Crippen molar-refractivity contribution in [1.82, 2.24) is 5.32 Å². The van der Waals surface area contributed by atoms with Crippen molar-refractivity contribution < 1.29 is 14.5 Å². The summed E-state index contributed by atoms with van der Waals surface area (Å²) in [5.41, 5.74) is -0.237. The Balaban J connectivity index is 2.57. The van der Waals surface area contributed by atoms with E-state index in [0.717, 1.165) is 11.3 Å². The van der Waals surface area contributed by atoms with Crippen molar-refractivity contribution in [3.05, 3.63) is 25.4 Å². The number of nitro groups is 1. The number of thiophene rings is 1. The van der Waals surface area contributed by atoms with E-state index in [9.17, 15) is 14.9 Å². The van der Waals surface area contributed by atoms with Crippen LogP contribution in [0.3, 0.4) is 0 Å². The summed E-state index contributed by atoms with van der Waals surface area (Å²) >= 11 is 6.54. The molecule has 1 heterocycles. The number of ether oxygens (including phenoxy) is 1. The molecule has 0 aliphatic heterocycles. The molecule has 0 aliphatic rings. The minimum absolute atomic E-state index is 0.0111. The lowest BCUT2D eigenvalue weighted by Crippen LogP contribution is -2.24. The van der Waals surface area contributed by atoms with Crippen molar-refractivity contribution in [2.24, 2.45) is 0 Å². The Morgan fingerprint density at radius 2 is 2.41 bits per heavy atom. The van der Waals surface area contributed by atoms with Gasteiger partial charge in [0.05, 0.1) is 4.92 Å². The lowest BCUT2D eigenvalue weighted by molar-refractivity contribution is -0.384. The smallest absolute Gasteiger partial charge is 0.299 e. The zero-order valence-electron chi connectivity index (χ0n) is 9.07. The highest BCUT2D eigenvalue weighted by atomic mass is 35.5. The zero-order valence-corrected chi connectivity index (χ0v) is 10.6. The molecular formula is C9H11ClN2O4S. The molecule has 8 heteroatoms. The van der Waals surface area contributed by atoms with Crippen LogP contribution in [0.1, 0.15) is 16.1 Å². The third-order valence-electron chi connectivity index (χ3n) is 1.90. The molecule has 0 aromatic carbocycles. The predicted octanol–water partition coefficient (Wildman–Crippen LogP) is 2.08. The van der Waals surface area contributed by atoms with Gasteiger partial charge < -0.3 is 10.1 Å². The molecule has 0 fully saturated rings. The first-order valence-electron chi connectivity index (χ1n) is 4.77. The van der Waals surface area contributed by atoms with E-state index in [2.05, 4.69) is 5.32 Å². The van der Waals surface area contributed by atoms with Crippen LogP contribution >= 0.6 is 22.9 Å². The van der Waals surface area contributed by atoms with Crippen molar-refractivity contribution in [2.45, 2.75) is 6.42 Å². The molecule has 94 valence electrons. The number of carbonyl (C=O) groups excluding carboxylic acids is 1. The van der Waals surface area contributed by atoms with Gasteiger partial charge in [-0.25, -0.2) is 0 Å². The Bertz CT molecular complexity index is 421. The number of nitrogens with zero attached hydrogens (tertiary/aromatic N) is 1. The van der Waals surface area contributed by atoms with E-state index in [4.69, 9.17) is 16.3 Å². The van der Waals surface area contributed by atoms with Crippen LogP contribution in [0.25, 0.3) is 0 Å². The molecule has 17 heavy (non-hydrogen) atoms. The molecule has 1 rings (SSSR count). The van der Waals surface area contributed by atoms with Crippen molar-refractivity contribution >= 4 is 34.5 Å². The molecule has 1 aromatic heterocycles. The number of methoxy groups -OCH3 is 1. The van der Waals surface area contributed by atoms with Gasteiger partial charge in [-0.05, 0) is 6.42 Å². The van der Waals surface area contributed by atoms with Gasteiger partial charge in [-0.3, -0.25) is 14.9 Å². The summed E-state index contributed by atoms with van der Waals surface area (Å²) in [6.07, 6.45) is 0.684. The van der Waals surface area contributed by atoms with E-state index in [-0.39, 0.29) is 20.8 Å². The highest BCUT2D eigenvalue weighted by Crippen LogP contribution is 2.33. The number of hydrogen-bond acceptors (Lipinski definition) is 5. The first kappa shape index (κ1) is 13.9. The van der Waals surface area contributed by atoms with E-state index < -0.39 is 4.92 Å². The van der Waals surface area contributed by atoms with Crippen molar-refractivity contribution in [2.75, 3.05) is 20.3 Å². The van der Waals surface area contributed by atoms with E-state index in [1.165, 1.54) is 6.07 Å². The molecular weight excluding hydrogens is 268 g/mol. The van der Waals surface area contributed by atoms with Gasteiger partial charge in [-0.2, -0.15) is 0 Å². The maximum absolute atomic E-state index is 11.6. The third kappa shape index (κ3) is 3.95. The van der Waals surface area contributed by atoms with Crippen molar-refractivity contribution in [3.8, 4) is 0 Å². The number of halogens is 1. The van der Waals surface area contributed by atoms with Gasteiger partial charge >= 0.3 is 0 Å². The Hall–Kier alpha value is -1.18. The van der Waals surface area contributed by atoms with E-state index in [1.807, 2.05) is 0 Å². The van der Waals surface area contributed by atoms with Crippen LogP contribution in [0.5, 0.6) is 0 Å². The quantitative estimate of drug-likeness (QED) is 0.491. The van der Waals surface area contributed by atoms with Gasteiger partial charge in [0, 0.05) is 26.3 Å². The van der Waals surface area contributed by atoms with Crippen LogP contribution in [0.15, 0.2) is 6.07 Å². The summed E-state index contributed by atoms with van der Waals surface area (Å²) in [4.78, 5) is 21.7. The maximum atomic E-state index is 11.6.